The zero-order valence-electron chi connectivity index (χ0n) is 11.6. The number of carboxylic acid groups (broad SMARTS) is 1. The van der Waals surface area contributed by atoms with Gasteiger partial charge in [-0.15, -0.1) is 0 Å². The van der Waals surface area contributed by atoms with Crippen molar-refractivity contribution in [1.82, 2.24) is 10.3 Å². The molecule has 0 fully saturated rings. The van der Waals surface area contributed by atoms with Crippen LogP contribution in [0.5, 0.6) is 0 Å². The van der Waals surface area contributed by atoms with E-state index < -0.39 is 17.9 Å². The molecule has 2 N–H and O–H groups in total. The van der Waals surface area contributed by atoms with E-state index in [0.717, 1.165) is 0 Å². The minimum atomic E-state index is -1.15. The summed E-state index contributed by atoms with van der Waals surface area (Å²) in [5.41, 5.74) is 1.25. The largest absolute Gasteiger partial charge is 0.480 e. The van der Waals surface area contributed by atoms with E-state index >= 15 is 0 Å². The number of amides is 1. The average molecular weight is 295 g/mol. The monoisotopic (exact) mass is 295 g/mol. The van der Waals surface area contributed by atoms with Crippen molar-refractivity contribution in [3.8, 4) is 6.07 Å². The Kier molecular flexibility index (Phi) is 4.83. The Morgan fingerprint density at radius 2 is 2.09 bits per heavy atom. The van der Waals surface area contributed by atoms with E-state index in [1.807, 2.05) is 6.07 Å². The van der Waals surface area contributed by atoms with Crippen molar-refractivity contribution < 1.29 is 14.7 Å². The van der Waals surface area contributed by atoms with Crippen LogP contribution in [-0.4, -0.2) is 28.0 Å². The van der Waals surface area contributed by atoms with Crippen molar-refractivity contribution in [3.63, 3.8) is 0 Å². The van der Waals surface area contributed by atoms with Crippen molar-refractivity contribution in [1.29, 1.82) is 5.26 Å². The van der Waals surface area contributed by atoms with E-state index in [-0.39, 0.29) is 12.1 Å². The molecule has 1 heterocycles. The predicted octanol–water partition coefficient (Wildman–Crippen LogP) is 1.38. The van der Waals surface area contributed by atoms with E-state index in [4.69, 9.17) is 5.26 Å². The van der Waals surface area contributed by atoms with Gasteiger partial charge in [0, 0.05) is 12.6 Å². The van der Waals surface area contributed by atoms with Gasteiger partial charge in [0.25, 0.3) is 5.91 Å². The van der Waals surface area contributed by atoms with Gasteiger partial charge in [-0.2, -0.15) is 5.26 Å². The van der Waals surface area contributed by atoms with Crippen LogP contribution in [-0.2, 0) is 11.2 Å². The number of nitriles is 1. The molecule has 110 valence electrons. The molecular formula is C16H13N3O3. The van der Waals surface area contributed by atoms with E-state index in [9.17, 15) is 14.7 Å². The molecule has 0 saturated heterocycles. The molecule has 0 aliphatic heterocycles. The molecule has 1 aromatic heterocycles. The Morgan fingerprint density at radius 1 is 1.27 bits per heavy atom. The highest BCUT2D eigenvalue weighted by atomic mass is 16.4. The number of carbonyl (C=O) groups excluding carboxylic acids is 1. The van der Waals surface area contributed by atoms with Gasteiger partial charge in [0.05, 0.1) is 11.6 Å². The van der Waals surface area contributed by atoms with Gasteiger partial charge in [0.15, 0.2) is 0 Å². The van der Waals surface area contributed by atoms with Crippen molar-refractivity contribution in [2.45, 2.75) is 12.5 Å². The lowest BCUT2D eigenvalue weighted by atomic mass is 10.0. The molecule has 6 nitrogen and oxygen atoms in total. The normalized spacial score (nSPS) is 11.2. The van der Waals surface area contributed by atoms with E-state index in [0.29, 0.717) is 11.1 Å². The number of aliphatic carboxylic acids is 1. The zero-order chi connectivity index (χ0) is 15.9. The molecule has 0 radical (unpaired) electrons. The summed E-state index contributed by atoms with van der Waals surface area (Å²) in [7, 11) is 0. The molecular weight excluding hydrogens is 282 g/mol. The Bertz CT molecular complexity index is 723. The zero-order valence-corrected chi connectivity index (χ0v) is 11.6. The number of benzene rings is 1. The summed E-state index contributed by atoms with van der Waals surface area (Å²) in [6.07, 6.45) is 1.55. The van der Waals surface area contributed by atoms with Gasteiger partial charge in [-0.1, -0.05) is 18.2 Å². The number of hydrogen-bond acceptors (Lipinski definition) is 4. The summed E-state index contributed by atoms with van der Waals surface area (Å²) in [5, 5.41) is 20.5. The van der Waals surface area contributed by atoms with Crippen LogP contribution in [0.3, 0.4) is 0 Å². The second kappa shape index (κ2) is 6.99. The minimum absolute atomic E-state index is 0.0867. The fourth-order valence-electron chi connectivity index (χ4n) is 1.93. The summed E-state index contributed by atoms with van der Waals surface area (Å²) in [4.78, 5) is 27.2. The van der Waals surface area contributed by atoms with Crippen molar-refractivity contribution >= 4 is 11.9 Å². The first kappa shape index (κ1) is 15.2. The first-order valence-corrected chi connectivity index (χ1v) is 6.54. The molecule has 2 aromatic rings. The van der Waals surface area contributed by atoms with Crippen LogP contribution < -0.4 is 5.32 Å². The Morgan fingerprint density at radius 3 is 2.73 bits per heavy atom. The molecule has 1 amide bonds. The lowest BCUT2D eigenvalue weighted by Gasteiger charge is -2.14. The highest BCUT2D eigenvalue weighted by molar-refractivity contribution is 5.94. The Hall–Kier alpha value is -3.20. The van der Waals surface area contributed by atoms with Gasteiger partial charge in [0.2, 0.25) is 0 Å². The summed E-state index contributed by atoms with van der Waals surface area (Å²) in [6.45, 7) is 0. The molecule has 1 atom stereocenters. The predicted molar refractivity (Wildman–Crippen MR) is 78.0 cm³/mol. The van der Waals surface area contributed by atoms with Gasteiger partial charge in [-0.05, 0) is 29.8 Å². The number of carboxylic acids is 1. The number of nitrogens with one attached hydrogen (secondary N) is 1. The van der Waals surface area contributed by atoms with Crippen molar-refractivity contribution in [3.05, 3.63) is 65.5 Å². The third-order valence-electron chi connectivity index (χ3n) is 3.00. The maximum absolute atomic E-state index is 12.0. The molecule has 0 bridgehead atoms. The number of carbonyl (C=O) groups is 2. The third kappa shape index (κ3) is 3.90. The van der Waals surface area contributed by atoms with Crippen LogP contribution in [0, 0.1) is 11.3 Å². The van der Waals surface area contributed by atoms with Crippen LogP contribution in [0.4, 0.5) is 0 Å². The molecule has 0 spiro atoms. The molecule has 1 aromatic carbocycles. The van der Waals surface area contributed by atoms with E-state index in [1.165, 1.54) is 12.3 Å². The van der Waals surface area contributed by atoms with Crippen LogP contribution >= 0.6 is 0 Å². The van der Waals surface area contributed by atoms with Gasteiger partial charge in [-0.3, -0.25) is 9.78 Å². The summed E-state index contributed by atoms with van der Waals surface area (Å²) >= 11 is 0. The SMILES string of the molecule is N#Cc1cccc(CC(NC(=O)c2ccccn2)C(=O)O)c1. The third-order valence-corrected chi connectivity index (χ3v) is 3.00. The highest BCUT2D eigenvalue weighted by Gasteiger charge is 2.21. The Labute approximate surface area is 127 Å². The fourth-order valence-corrected chi connectivity index (χ4v) is 1.93. The number of aromatic nitrogens is 1. The van der Waals surface area contributed by atoms with Crippen LogP contribution in [0.25, 0.3) is 0 Å². The minimum Gasteiger partial charge on any atom is -0.480 e. The quantitative estimate of drug-likeness (QED) is 0.867. The second-order valence-electron chi connectivity index (χ2n) is 4.60. The van der Waals surface area contributed by atoms with Gasteiger partial charge < -0.3 is 10.4 Å². The summed E-state index contributed by atoms with van der Waals surface area (Å²) < 4.78 is 0. The van der Waals surface area contributed by atoms with Crippen molar-refractivity contribution in [2.75, 3.05) is 0 Å². The van der Waals surface area contributed by atoms with Gasteiger partial charge >= 0.3 is 5.97 Å². The molecule has 0 aliphatic rings. The van der Waals surface area contributed by atoms with E-state index in [2.05, 4.69) is 10.3 Å². The number of hydrogen-bond donors (Lipinski definition) is 2. The molecule has 0 aliphatic carbocycles. The summed E-state index contributed by atoms with van der Waals surface area (Å²) in [6, 6.07) is 12.3. The lowest BCUT2D eigenvalue weighted by Crippen LogP contribution is -2.42. The highest BCUT2D eigenvalue weighted by Crippen LogP contribution is 2.08. The number of pyridine rings is 1. The van der Waals surface area contributed by atoms with Crippen LogP contribution in [0.1, 0.15) is 21.6 Å². The van der Waals surface area contributed by atoms with E-state index in [1.54, 1.807) is 36.4 Å². The second-order valence-corrected chi connectivity index (χ2v) is 4.60. The average Bonchev–Trinajstić information content (AvgIpc) is 2.55. The van der Waals surface area contributed by atoms with Gasteiger partial charge in [-0.25, -0.2) is 4.79 Å². The standard InChI is InChI=1S/C16H13N3O3/c17-10-12-5-3-4-11(8-12)9-14(16(21)22)19-15(20)13-6-1-2-7-18-13/h1-8,14H,9H2,(H,19,20)(H,21,22). The Balaban J connectivity index is 2.12. The summed E-state index contributed by atoms with van der Waals surface area (Å²) in [5.74, 6) is -1.70. The van der Waals surface area contributed by atoms with Crippen molar-refractivity contribution in [2.24, 2.45) is 0 Å². The fraction of sp³-hybridized carbons (Fsp3) is 0.125. The van der Waals surface area contributed by atoms with Crippen LogP contribution in [0.15, 0.2) is 48.7 Å². The lowest BCUT2D eigenvalue weighted by molar-refractivity contribution is -0.139. The number of rotatable bonds is 5. The number of nitrogens with zero attached hydrogens (tertiary/aromatic N) is 2. The molecule has 6 heteroatoms. The maximum atomic E-state index is 12.0. The molecule has 22 heavy (non-hydrogen) atoms. The maximum Gasteiger partial charge on any atom is 0.326 e. The smallest absolute Gasteiger partial charge is 0.326 e. The molecule has 1 unspecified atom stereocenters. The van der Waals surface area contributed by atoms with Crippen LogP contribution in [0.2, 0.25) is 0 Å². The topological polar surface area (TPSA) is 103 Å². The first-order chi connectivity index (χ1) is 10.6. The molecule has 2 rings (SSSR count). The molecule has 0 saturated carbocycles. The first-order valence-electron chi connectivity index (χ1n) is 6.54. The van der Waals surface area contributed by atoms with Gasteiger partial charge in [0.1, 0.15) is 11.7 Å².